The summed E-state index contributed by atoms with van der Waals surface area (Å²) in [5, 5.41) is 3.08. The number of imidazole rings is 1. The second-order valence-corrected chi connectivity index (χ2v) is 5.51. The molecule has 2 heterocycles. The molecule has 3 nitrogen and oxygen atoms in total. The maximum atomic E-state index is 13.1. The zero-order valence-corrected chi connectivity index (χ0v) is 10.8. The maximum absolute atomic E-state index is 13.1. The first-order valence-electron chi connectivity index (χ1n) is 6.92. The molecule has 0 unspecified atom stereocenters. The normalized spacial score (nSPS) is 20.8. The summed E-state index contributed by atoms with van der Waals surface area (Å²) in [7, 11) is 0. The van der Waals surface area contributed by atoms with Crippen molar-refractivity contribution in [2.45, 2.75) is 51.4 Å². The lowest BCUT2D eigenvalue weighted by atomic mass is 10.1. The van der Waals surface area contributed by atoms with Crippen molar-refractivity contribution in [1.82, 2.24) is 14.9 Å². The summed E-state index contributed by atoms with van der Waals surface area (Å²) >= 11 is 0. The molecule has 1 aromatic rings. The van der Waals surface area contributed by atoms with Crippen LogP contribution >= 0.6 is 0 Å². The number of aromatic nitrogens is 2. The number of alkyl halides is 3. The predicted octanol–water partition coefficient (Wildman–Crippen LogP) is 2.74. The summed E-state index contributed by atoms with van der Waals surface area (Å²) < 4.78 is 40.8. The number of hydrogen-bond acceptors (Lipinski definition) is 2. The van der Waals surface area contributed by atoms with Crippen LogP contribution in [0, 0.1) is 5.92 Å². The Labute approximate surface area is 110 Å². The molecule has 1 fully saturated rings. The first kappa shape index (κ1) is 13.0. The van der Waals surface area contributed by atoms with Crippen LogP contribution in [0.1, 0.15) is 42.9 Å². The van der Waals surface area contributed by atoms with Crippen LogP contribution in [-0.4, -0.2) is 16.1 Å². The fourth-order valence-electron chi connectivity index (χ4n) is 3.23. The molecule has 0 bridgehead atoms. The van der Waals surface area contributed by atoms with Crippen LogP contribution in [0.15, 0.2) is 0 Å². The third-order valence-electron chi connectivity index (χ3n) is 4.16. The van der Waals surface area contributed by atoms with Gasteiger partial charge < -0.3 is 9.88 Å². The summed E-state index contributed by atoms with van der Waals surface area (Å²) in [4.78, 5) is 3.84. The third kappa shape index (κ3) is 2.50. The van der Waals surface area contributed by atoms with Crippen LogP contribution in [0.3, 0.4) is 0 Å². The first-order chi connectivity index (χ1) is 9.05. The Morgan fingerprint density at radius 3 is 2.68 bits per heavy atom. The lowest BCUT2D eigenvalue weighted by molar-refractivity contribution is -0.147. The zero-order chi connectivity index (χ0) is 13.5. The van der Waals surface area contributed by atoms with E-state index < -0.39 is 12.0 Å². The second kappa shape index (κ2) is 4.81. The van der Waals surface area contributed by atoms with Gasteiger partial charge in [-0.3, -0.25) is 0 Å². The van der Waals surface area contributed by atoms with Gasteiger partial charge in [0.05, 0.1) is 5.69 Å². The van der Waals surface area contributed by atoms with Crippen LogP contribution in [0.4, 0.5) is 13.2 Å². The van der Waals surface area contributed by atoms with E-state index in [1.807, 2.05) is 0 Å². The van der Waals surface area contributed by atoms with Gasteiger partial charge in [0, 0.05) is 31.7 Å². The average Bonchev–Trinajstić information content (AvgIpc) is 2.97. The topological polar surface area (TPSA) is 29.9 Å². The molecular weight excluding hydrogens is 255 g/mol. The largest absolute Gasteiger partial charge is 0.449 e. The summed E-state index contributed by atoms with van der Waals surface area (Å²) in [6.45, 7) is 1.67. The summed E-state index contributed by atoms with van der Waals surface area (Å²) in [5.74, 6) is -0.317. The quantitative estimate of drug-likeness (QED) is 0.898. The molecule has 19 heavy (non-hydrogen) atoms. The van der Waals surface area contributed by atoms with Crippen LogP contribution in [0.2, 0.25) is 0 Å². The second-order valence-electron chi connectivity index (χ2n) is 5.51. The Bertz CT molecular complexity index is 458. The molecular formula is C13H18F3N3. The first-order valence-corrected chi connectivity index (χ1v) is 6.92. The number of fused-ring (bicyclic) bond motifs is 1. The van der Waals surface area contributed by atoms with Gasteiger partial charge in [0.25, 0.3) is 0 Å². The smallest absolute Gasteiger partial charge is 0.324 e. The van der Waals surface area contributed by atoms with Gasteiger partial charge in [0.2, 0.25) is 5.82 Å². The molecule has 1 aromatic heterocycles. The lowest BCUT2D eigenvalue weighted by Gasteiger charge is -2.19. The molecule has 2 aliphatic rings. The van der Waals surface area contributed by atoms with E-state index in [1.54, 1.807) is 0 Å². The summed E-state index contributed by atoms with van der Waals surface area (Å²) in [6.07, 6.45) is 0.668. The van der Waals surface area contributed by atoms with Crippen molar-refractivity contribution >= 4 is 0 Å². The molecule has 1 N–H and O–H groups in total. The van der Waals surface area contributed by atoms with E-state index in [9.17, 15) is 13.2 Å². The Hall–Kier alpha value is -1.04. The number of rotatable bonds is 2. The molecule has 1 saturated carbocycles. The van der Waals surface area contributed by atoms with Crippen molar-refractivity contribution in [3.8, 4) is 0 Å². The van der Waals surface area contributed by atoms with E-state index in [0.29, 0.717) is 31.1 Å². The molecule has 0 radical (unpaired) electrons. The van der Waals surface area contributed by atoms with E-state index in [1.165, 1.54) is 4.57 Å². The third-order valence-corrected chi connectivity index (χ3v) is 4.16. The molecule has 1 aliphatic carbocycles. The standard InChI is InChI=1S/C13H18F3N3/c14-13(15,16)12-18-10-7-17-6-5-11(10)19(12)8-9-3-1-2-4-9/h9,17H,1-8H2. The maximum Gasteiger partial charge on any atom is 0.449 e. The summed E-state index contributed by atoms with van der Waals surface area (Å²) in [5.41, 5.74) is 1.37. The van der Waals surface area contributed by atoms with Gasteiger partial charge in [-0.1, -0.05) is 12.8 Å². The lowest BCUT2D eigenvalue weighted by Crippen LogP contribution is -2.26. The highest BCUT2D eigenvalue weighted by Crippen LogP contribution is 2.34. The van der Waals surface area contributed by atoms with Gasteiger partial charge >= 0.3 is 6.18 Å². The minimum absolute atomic E-state index is 0.384. The Morgan fingerprint density at radius 2 is 2.00 bits per heavy atom. The molecule has 0 amide bonds. The van der Waals surface area contributed by atoms with Gasteiger partial charge in [0.15, 0.2) is 0 Å². The fraction of sp³-hybridized carbons (Fsp3) is 0.769. The average molecular weight is 273 g/mol. The van der Waals surface area contributed by atoms with Gasteiger partial charge in [-0.25, -0.2) is 4.98 Å². The van der Waals surface area contributed by atoms with Gasteiger partial charge in [-0.15, -0.1) is 0 Å². The molecule has 6 heteroatoms. The van der Waals surface area contributed by atoms with E-state index in [2.05, 4.69) is 10.3 Å². The number of nitrogens with one attached hydrogen (secondary N) is 1. The monoisotopic (exact) mass is 273 g/mol. The molecule has 0 saturated heterocycles. The fourth-order valence-corrected chi connectivity index (χ4v) is 3.23. The number of nitrogens with zero attached hydrogens (tertiary/aromatic N) is 2. The van der Waals surface area contributed by atoms with Crippen LogP contribution in [0.25, 0.3) is 0 Å². The van der Waals surface area contributed by atoms with E-state index in [-0.39, 0.29) is 0 Å². The Kier molecular flexibility index (Phi) is 3.28. The molecule has 0 spiro atoms. The Morgan fingerprint density at radius 1 is 1.26 bits per heavy atom. The number of hydrogen-bond donors (Lipinski definition) is 1. The van der Waals surface area contributed by atoms with Crippen LogP contribution < -0.4 is 5.32 Å². The molecule has 1 aliphatic heterocycles. The highest BCUT2D eigenvalue weighted by Gasteiger charge is 2.39. The predicted molar refractivity (Wildman–Crippen MR) is 64.6 cm³/mol. The van der Waals surface area contributed by atoms with Crippen molar-refractivity contribution in [3.05, 3.63) is 17.2 Å². The van der Waals surface area contributed by atoms with Crippen LogP contribution in [0.5, 0.6) is 0 Å². The minimum atomic E-state index is -4.35. The van der Waals surface area contributed by atoms with E-state index >= 15 is 0 Å². The van der Waals surface area contributed by atoms with E-state index in [4.69, 9.17) is 0 Å². The van der Waals surface area contributed by atoms with Crippen molar-refractivity contribution < 1.29 is 13.2 Å². The van der Waals surface area contributed by atoms with Crippen molar-refractivity contribution in [1.29, 1.82) is 0 Å². The molecule has 106 valence electrons. The van der Waals surface area contributed by atoms with Crippen molar-refractivity contribution in [2.75, 3.05) is 6.54 Å². The minimum Gasteiger partial charge on any atom is -0.324 e. The van der Waals surface area contributed by atoms with Crippen LogP contribution in [-0.2, 0) is 25.7 Å². The number of halogens is 3. The SMILES string of the molecule is FC(F)(F)c1nc2c(n1CC1CCCC1)CCNC2. The zero-order valence-electron chi connectivity index (χ0n) is 10.8. The van der Waals surface area contributed by atoms with Crippen molar-refractivity contribution in [3.63, 3.8) is 0 Å². The van der Waals surface area contributed by atoms with Gasteiger partial charge in [-0.2, -0.15) is 13.2 Å². The van der Waals surface area contributed by atoms with Crippen molar-refractivity contribution in [2.24, 2.45) is 5.92 Å². The molecule has 0 atom stereocenters. The summed E-state index contributed by atoms with van der Waals surface area (Å²) in [6, 6.07) is 0. The van der Waals surface area contributed by atoms with E-state index in [0.717, 1.165) is 37.9 Å². The Balaban J connectivity index is 1.96. The highest BCUT2D eigenvalue weighted by molar-refractivity contribution is 5.21. The molecule has 0 aromatic carbocycles. The van der Waals surface area contributed by atoms with Gasteiger partial charge in [-0.05, 0) is 18.8 Å². The molecule has 3 rings (SSSR count). The highest BCUT2D eigenvalue weighted by atomic mass is 19.4. The van der Waals surface area contributed by atoms with Gasteiger partial charge in [0.1, 0.15) is 0 Å².